The van der Waals surface area contributed by atoms with Crippen LogP contribution in [0.1, 0.15) is 87.8 Å². The van der Waals surface area contributed by atoms with Gasteiger partial charge in [-0.05, 0) is 110 Å². The number of ether oxygens (including phenoxy) is 1. The molecule has 2 aromatic carbocycles. The summed E-state index contributed by atoms with van der Waals surface area (Å²) in [5, 5.41) is 40.5. The Labute approximate surface area is 309 Å². The summed E-state index contributed by atoms with van der Waals surface area (Å²) in [5.41, 5.74) is 9.76. The van der Waals surface area contributed by atoms with Gasteiger partial charge in [-0.25, -0.2) is 0 Å². The fourth-order valence-electron chi connectivity index (χ4n) is 8.57. The summed E-state index contributed by atoms with van der Waals surface area (Å²) in [6.07, 6.45) is 7.09. The van der Waals surface area contributed by atoms with E-state index in [1.54, 1.807) is 12.1 Å². The lowest BCUT2D eigenvalue weighted by molar-refractivity contribution is -0.142. The highest BCUT2D eigenvalue weighted by Gasteiger charge is 2.43. The molecular weight excluding hydrogens is 654 g/mol. The van der Waals surface area contributed by atoms with Crippen molar-refractivity contribution in [3.63, 3.8) is 0 Å². The van der Waals surface area contributed by atoms with Crippen LogP contribution in [0.4, 0.5) is 0 Å². The van der Waals surface area contributed by atoms with E-state index in [0.29, 0.717) is 31.8 Å². The number of aliphatic hydroxyl groups excluding tert-OH is 2. The Morgan fingerprint density at radius 3 is 2.56 bits per heavy atom. The van der Waals surface area contributed by atoms with Crippen LogP contribution in [0.15, 0.2) is 66.0 Å². The summed E-state index contributed by atoms with van der Waals surface area (Å²) in [4.78, 5) is 28.1. The molecule has 0 unspecified atom stereocenters. The number of nitrogens with two attached hydrogens (primary N) is 1. The van der Waals surface area contributed by atoms with E-state index in [4.69, 9.17) is 10.5 Å². The molecule has 1 aliphatic heterocycles. The third-order valence-electron chi connectivity index (χ3n) is 11.2. The van der Waals surface area contributed by atoms with Crippen LogP contribution in [0.25, 0.3) is 0 Å². The van der Waals surface area contributed by atoms with Crippen LogP contribution in [-0.2, 0) is 16.0 Å². The van der Waals surface area contributed by atoms with E-state index in [1.165, 1.54) is 7.11 Å². The molecule has 9 nitrogen and oxygen atoms in total. The lowest BCUT2D eigenvalue weighted by Gasteiger charge is -2.34. The molecule has 0 aromatic heterocycles. The fraction of sp³-hybridized carbons (Fsp3) is 0.535. The number of ketones is 2. The van der Waals surface area contributed by atoms with Crippen molar-refractivity contribution in [2.45, 2.75) is 89.8 Å². The number of phenols is 1. The number of benzene rings is 2. The van der Waals surface area contributed by atoms with Crippen LogP contribution in [-0.4, -0.2) is 65.8 Å². The van der Waals surface area contributed by atoms with Gasteiger partial charge in [-0.3, -0.25) is 9.59 Å². The second-order valence-electron chi connectivity index (χ2n) is 14.9. The van der Waals surface area contributed by atoms with Gasteiger partial charge in [0.2, 0.25) is 0 Å². The van der Waals surface area contributed by atoms with E-state index in [1.807, 2.05) is 36.4 Å². The maximum absolute atomic E-state index is 14.4. The average molecular weight is 712 g/mol. The zero-order chi connectivity index (χ0) is 37.2. The zero-order valence-corrected chi connectivity index (χ0v) is 30.9. The molecule has 0 bridgehead atoms. The number of phenolic OH excluding ortho intramolecular Hbond substituents is 1. The first-order valence-electron chi connectivity index (χ1n) is 19.1. The Morgan fingerprint density at radius 2 is 1.85 bits per heavy atom. The first kappa shape index (κ1) is 39.1. The molecule has 280 valence electrons. The smallest absolute Gasteiger partial charge is 0.173 e. The number of aromatic hydroxyl groups is 1. The average Bonchev–Trinajstić information content (AvgIpc) is 3.31. The van der Waals surface area contributed by atoms with Gasteiger partial charge in [-0.15, -0.1) is 0 Å². The molecule has 5 rings (SSSR count). The Kier molecular flexibility index (Phi) is 14.0. The number of aliphatic hydroxyl groups is 2. The van der Waals surface area contributed by atoms with Crippen LogP contribution >= 0.6 is 0 Å². The van der Waals surface area contributed by atoms with Gasteiger partial charge < -0.3 is 36.4 Å². The second-order valence-corrected chi connectivity index (χ2v) is 14.9. The van der Waals surface area contributed by atoms with E-state index >= 15 is 0 Å². The fourth-order valence-corrected chi connectivity index (χ4v) is 8.57. The summed E-state index contributed by atoms with van der Waals surface area (Å²) in [7, 11) is 1.48. The van der Waals surface area contributed by atoms with Crippen molar-refractivity contribution in [3.05, 3.63) is 82.7 Å². The van der Waals surface area contributed by atoms with Gasteiger partial charge >= 0.3 is 0 Å². The Morgan fingerprint density at radius 1 is 1.06 bits per heavy atom. The Bertz CT molecular complexity index is 1660. The maximum atomic E-state index is 14.4. The van der Waals surface area contributed by atoms with E-state index in [-0.39, 0.29) is 42.1 Å². The number of methoxy groups -OCH3 is 1. The first-order valence-corrected chi connectivity index (χ1v) is 19.1. The molecule has 0 saturated heterocycles. The van der Waals surface area contributed by atoms with Gasteiger partial charge in [0.15, 0.2) is 29.2 Å². The standard InChI is InChI=1S/C43H57N3O6/c1-4-9-34(39(49)26-45-17-5-2)32-21-28(19-27-16-18-46-41(44)22-27)20-30-12-14-33(29-10-7-6-8-11-29)35-25-38(48)40(52-3)24-31(35)13-15-37(47)43(51)42(50)36(30)23-32/h6-8,10-11,16,22,24-25,28,30,32-34,36,39,43,45-46,48-49,51H,4-5,9,13,15,17-21,23,26,44H2,1-3H3/t28-,30+,32+,33+,34+,36-,39-,43-/m0/s1. The predicted octanol–water partition coefficient (Wildman–Crippen LogP) is 5.13. The highest BCUT2D eigenvalue weighted by atomic mass is 16.5. The maximum Gasteiger partial charge on any atom is 0.173 e. The third-order valence-corrected chi connectivity index (χ3v) is 11.2. The van der Waals surface area contributed by atoms with Crippen LogP contribution in [0, 0.1) is 41.4 Å². The molecule has 7 N–H and O–H groups in total. The number of dihydropyridines is 1. The quantitative estimate of drug-likeness (QED) is 0.100. The van der Waals surface area contributed by atoms with Crippen LogP contribution < -0.4 is 21.1 Å². The summed E-state index contributed by atoms with van der Waals surface area (Å²) in [6.45, 7) is 6.13. The topological polar surface area (TPSA) is 154 Å². The largest absolute Gasteiger partial charge is 0.504 e. The minimum Gasteiger partial charge on any atom is -0.504 e. The molecule has 8 atom stereocenters. The van der Waals surface area contributed by atoms with Crippen molar-refractivity contribution in [1.29, 1.82) is 0 Å². The number of allylic oxidation sites excluding steroid dienone is 2. The van der Waals surface area contributed by atoms with Crippen LogP contribution in [0.2, 0.25) is 0 Å². The van der Waals surface area contributed by atoms with Crippen LogP contribution in [0.5, 0.6) is 11.5 Å². The van der Waals surface area contributed by atoms with Gasteiger partial charge in [0, 0.05) is 31.3 Å². The predicted molar refractivity (Wildman–Crippen MR) is 203 cm³/mol. The normalized spacial score (nSPS) is 26.3. The molecule has 3 aliphatic rings. The van der Waals surface area contributed by atoms with Crippen molar-refractivity contribution in [2.75, 3.05) is 26.7 Å². The molecule has 1 fully saturated rings. The number of carbonyl (C=O) groups is 2. The number of rotatable bonds is 12. The van der Waals surface area contributed by atoms with Crippen LogP contribution in [0.3, 0.4) is 0 Å². The first-order chi connectivity index (χ1) is 25.1. The number of Topliss-reactive ketones (excluding diaryl/α,β-unsaturated/α-hetero) is 2. The van der Waals surface area contributed by atoms with E-state index in [0.717, 1.165) is 60.9 Å². The summed E-state index contributed by atoms with van der Waals surface area (Å²) in [5.74, 6) is 5.42. The zero-order valence-electron chi connectivity index (χ0n) is 30.9. The van der Waals surface area contributed by atoms with Gasteiger partial charge in [0.05, 0.1) is 25.0 Å². The molecule has 2 aromatic rings. The lowest BCUT2D eigenvalue weighted by Crippen LogP contribution is -2.41. The molecule has 1 heterocycles. The van der Waals surface area contributed by atoms with Gasteiger partial charge in [-0.1, -0.05) is 68.5 Å². The monoisotopic (exact) mass is 711 g/mol. The number of hydrogen-bond acceptors (Lipinski definition) is 9. The molecular formula is C43H57N3O6. The number of carbonyl (C=O) groups excluding carboxylic acids is 2. The Balaban J connectivity index is 1.64. The van der Waals surface area contributed by atoms with Gasteiger partial charge in [0.1, 0.15) is 0 Å². The SMILES string of the molecule is CCCNC[C@H](O)[C@H](CCC)[C@@H]1C[C@@H](CC2=CCNC(N)=C2)C[C@H]2C#C[C@H](c3ccccc3)c3cc(O)c(OC)cc3CCC(=O)[C@H](O)C(=O)[C@H]2C1. The van der Waals surface area contributed by atoms with Crippen molar-refractivity contribution < 1.29 is 29.6 Å². The van der Waals surface area contributed by atoms with Crippen molar-refractivity contribution in [3.8, 4) is 23.3 Å². The highest BCUT2D eigenvalue weighted by Crippen LogP contribution is 2.45. The highest BCUT2D eigenvalue weighted by molar-refractivity contribution is 6.06. The third kappa shape index (κ3) is 9.65. The van der Waals surface area contributed by atoms with E-state index < -0.39 is 41.5 Å². The molecule has 9 heteroatoms. The summed E-state index contributed by atoms with van der Waals surface area (Å²) >= 11 is 0. The molecule has 1 saturated carbocycles. The molecule has 0 radical (unpaired) electrons. The Hall–Kier alpha value is -4.10. The second kappa shape index (κ2) is 18.6. The summed E-state index contributed by atoms with van der Waals surface area (Å²) < 4.78 is 5.43. The minimum absolute atomic E-state index is 0.0237. The molecule has 0 amide bonds. The number of hydrogen-bond donors (Lipinski definition) is 6. The molecule has 0 spiro atoms. The minimum atomic E-state index is -1.77. The van der Waals surface area contributed by atoms with Crippen molar-refractivity contribution >= 4 is 11.6 Å². The van der Waals surface area contributed by atoms with Crippen molar-refractivity contribution in [1.82, 2.24) is 10.6 Å². The van der Waals surface area contributed by atoms with Gasteiger partial charge in [-0.2, -0.15) is 0 Å². The van der Waals surface area contributed by atoms with E-state index in [2.05, 4.69) is 42.4 Å². The number of fused-ring (bicyclic) bond motifs is 2. The van der Waals surface area contributed by atoms with E-state index in [9.17, 15) is 24.9 Å². The molecule has 2 aliphatic carbocycles. The summed E-state index contributed by atoms with van der Waals surface area (Å²) in [6, 6.07) is 13.3. The van der Waals surface area contributed by atoms with Gasteiger partial charge in [0.25, 0.3) is 0 Å². The van der Waals surface area contributed by atoms with Crippen molar-refractivity contribution in [2.24, 2.45) is 35.3 Å². The molecule has 52 heavy (non-hydrogen) atoms. The number of aryl methyl sites for hydroxylation is 1. The lowest BCUT2D eigenvalue weighted by atomic mass is 9.73. The number of nitrogens with one attached hydrogen (secondary N) is 2.